The maximum absolute atomic E-state index is 7.29. The van der Waals surface area contributed by atoms with E-state index in [9.17, 15) is 0 Å². The van der Waals surface area contributed by atoms with Gasteiger partial charge in [0.1, 0.15) is 0 Å². The van der Waals surface area contributed by atoms with Gasteiger partial charge >= 0.3 is 0 Å². The monoisotopic (exact) mass is 236 g/mol. The highest BCUT2D eigenvalue weighted by atomic mass is 16.5. The van der Waals surface area contributed by atoms with Gasteiger partial charge in [-0.1, -0.05) is 0 Å². The van der Waals surface area contributed by atoms with Gasteiger partial charge in [0, 0.05) is 44.7 Å². The molecule has 0 bridgehead atoms. The number of aromatic nitrogens is 1. The standard InChI is InChI=1S/C12H20N4O/c1-10-9-15-5-3-11(10)16(7-8-17-2)6-4-12(13)14/h3,5,9H,4,6-8H2,1-2H3,(H3,13,14). The first-order valence-electron chi connectivity index (χ1n) is 5.62. The number of hydrogen-bond acceptors (Lipinski definition) is 4. The molecule has 0 amide bonds. The van der Waals surface area contributed by atoms with Gasteiger partial charge in [-0.3, -0.25) is 10.4 Å². The number of nitrogens with two attached hydrogens (primary N) is 1. The van der Waals surface area contributed by atoms with Gasteiger partial charge in [-0.15, -0.1) is 0 Å². The van der Waals surface area contributed by atoms with Crippen molar-refractivity contribution < 1.29 is 4.74 Å². The third kappa shape index (κ3) is 4.40. The van der Waals surface area contributed by atoms with Crippen LogP contribution in [0.25, 0.3) is 0 Å². The minimum Gasteiger partial charge on any atom is -0.388 e. The molecule has 0 aromatic carbocycles. The Bertz CT molecular complexity index is 367. The molecule has 0 aliphatic heterocycles. The van der Waals surface area contributed by atoms with Crippen LogP contribution in [0.3, 0.4) is 0 Å². The summed E-state index contributed by atoms with van der Waals surface area (Å²) in [4.78, 5) is 6.25. The molecule has 0 saturated heterocycles. The second kappa shape index (κ2) is 6.85. The van der Waals surface area contributed by atoms with Gasteiger partial charge in [0.2, 0.25) is 0 Å². The van der Waals surface area contributed by atoms with Crippen molar-refractivity contribution in [2.75, 3.05) is 31.7 Å². The second-order valence-corrected chi connectivity index (χ2v) is 3.92. The van der Waals surface area contributed by atoms with E-state index in [2.05, 4.69) is 9.88 Å². The Balaban J connectivity index is 2.74. The summed E-state index contributed by atoms with van der Waals surface area (Å²) in [5.74, 6) is 0.208. The number of ether oxygens (including phenoxy) is 1. The molecule has 0 unspecified atom stereocenters. The third-order valence-electron chi connectivity index (χ3n) is 2.55. The number of hydrogen-bond donors (Lipinski definition) is 2. The molecule has 0 atom stereocenters. The summed E-state index contributed by atoms with van der Waals surface area (Å²) in [6.45, 7) is 4.19. The van der Waals surface area contributed by atoms with Gasteiger partial charge < -0.3 is 15.4 Å². The van der Waals surface area contributed by atoms with Crippen LogP contribution in [0.1, 0.15) is 12.0 Å². The molecule has 3 N–H and O–H groups in total. The molecule has 5 nitrogen and oxygen atoms in total. The number of nitrogens with one attached hydrogen (secondary N) is 1. The Morgan fingerprint density at radius 2 is 2.29 bits per heavy atom. The first-order chi connectivity index (χ1) is 8.15. The Labute approximate surface area is 102 Å². The topological polar surface area (TPSA) is 75.2 Å². The minimum atomic E-state index is 0.208. The number of aryl methyl sites for hydroxylation is 1. The van der Waals surface area contributed by atoms with Gasteiger partial charge in [-0.2, -0.15) is 0 Å². The van der Waals surface area contributed by atoms with Crippen LogP contribution < -0.4 is 10.6 Å². The number of nitrogens with zero attached hydrogens (tertiary/aromatic N) is 2. The molecular weight excluding hydrogens is 216 g/mol. The van der Waals surface area contributed by atoms with Gasteiger partial charge in [-0.05, 0) is 18.6 Å². The average Bonchev–Trinajstić information content (AvgIpc) is 2.30. The molecule has 0 aliphatic rings. The zero-order chi connectivity index (χ0) is 12.7. The van der Waals surface area contributed by atoms with Crippen molar-refractivity contribution in [2.45, 2.75) is 13.3 Å². The van der Waals surface area contributed by atoms with Crippen LogP contribution in [0.5, 0.6) is 0 Å². The number of anilines is 1. The predicted molar refractivity (Wildman–Crippen MR) is 69.6 cm³/mol. The summed E-state index contributed by atoms with van der Waals surface area (Å²) in [6, 6.07) is 1.98. The van der Waals surface area contributed by atoms with E-state index in [0.717, 1.165) is 24.3 Å². The molecule has 1 heterocycles. The van der Waals surface area contributed by atoms with Crippen molar-refractivity contribution in [3.8, 4) is 0 Å². The molecule has 0 fully saturated rings. The number of pyridine rings is 1. The lowest BCUT2D eigenvalue weighted by Crippen LogP contribution is -2.31. The van der Waals surface area contributed by atoms with Crippen LogP contribution in [0, 0.1) is 12.3 Å². The molecule has 1 aromatic rings. The summed E-state index contributed by atoms with van der Waals surface area (Å²) in [5.41, 5.74) is 7.64. The fourth-order valence-electron chi connectivity index (χ4n) is 1.63. The van der Waals surface area contributed by atoms with Crippen molar-refractivity contribution in [3.63, 3.8) is 0 Å². The molecule has 0 saturated carbocycles. The van der Waals surface area contributed by atoms with Gasteiger partial charge in [0.25, 0.3) is 0 Å². The Morgan fingerprint density at radius 3 is 2.88 bits per heavy atom. The van der Waals surface area contributed by atoms with Gasteiger partial charge in [0.05, 0.1) is 12.4 Å². The summed E-state index contributed by atoms with van der Waals surface area (Å²) < 4.78 is 5.10. The van der Waals surface area contributed by atoms with E-state index in [0.29, 0.717) is 13.0 Å². The van der Waals surface area contributed by atoms with Crippen LogP contribution >= 0.6 is 0 Å². The number of rotatable bonds is 7. The molecule has 17 heavy (non-hydrogen) atoms. The zero-order valence-corrected chi connectivity index (χ0v) is 10.4. The van der Waals surface area contributed by atoms with Crippen LogP contribution in [-0.4, -0.2) is 37.6 Å². The van der Waals surface area contributed by atoms with E-state index in [4.69, 9.17) is 15.9 Å². The highest BCUT2D eigenvalue weighted by Crippen LogP contribution is 2.18. The minimum absolute atomic E-state index is 0.208. The molecule has 0 radical (unpaired) electrons. The number of amidine groups is 1. The molecule has 1 rings (SSSR count). The smallest absolute Gasteiger partial charge is 0.0923 e. The Morgan fingerprint density at radius 1 is 1.53 bits per heavy atom. The lowest BCUT2D eigenvalue weighted by molar-refractivity contribution is 0.205. The fourth-order valence-corrected chi connectivity index (χ4v) is 1.63. The Kier molecular flexibility index (Phi) is 5.42. The van der Waals surface area contributed by atoms with E-state index >= 15 is 0 Å². The highest BCUT2D eigenvalue weighted by molar-refractivity contribution is 5.77. The molecule has 1 aromatic heterocycles. The van der Waals surface area contributed by atoms with Crippen molar-refractivity contribution in [1.82, 2.24) is 4.98 Å². The lowest BCUT2D eigenvalue weighted by Gasteiger charge is -2.25. The predicted octanol–water partition coefficient (Wildman–Crippen LogP) is 1.17. The first kappa shape index (κ1) is 13.4. The molecule has 94 valence electrons. The normalized spacial score (nSPS) is 10.2. The first-order valence-corrected chi connectivity index (χ1v) is 5.62. The van der Waals surface area contributed by atoms with Crippen molar-refractivity contribution >= 4 is 11.5 Å². The lowest BCUT2D eigenvalue weighted by atomic mass is 10.2. The van der Waals surface area contributed by atoms with Crippen molar-refractivity contribution in [2.24, 2.45) is 5.73 Å². The summed E-state index contributed by atoms with van der Waals surface area (Å²) in [5, 5.41) is 7.29. The van der Waals surface area contributed by atoms with E-state index in [1.165, 1.54) is 0 Å². The van der Waals surface area contributed by atoms with Gasteiger partial charge in [-0.25, -0.2) is 0 Å². The maximum Gasteiger partial charge on any atom is 0.0923 e. The average molecular weight is 236 g/mol. The van der Waals surface area contributed by atoms with Crippen LogP contribution in [0.2, 0.25) is 0 Å². The van der Waals surface area contributed by atoms with E-state index in [-0.39, 0.29) is 5.84 Å². The molecule has 0 spiro atoms. The van der Waals surface area contributed by atoms with E-state index in [1.807, 2.05) is 19.2 Å². The zero-order valence-electron chi connectivity index (χ0n) is 10.4. The summed E-state index contributed by atoms with van der Waals surface area (Å²) >= 11 is 0. The van der Waals surface area contributed by atoms with E-state index < -0.39 is 0 Å². The Hall–Kier alpha value is -1.62. The SMILES string of the molecule is COCCN(CCC(=N)N)c1ccncc1C. The third-order valence-corrected chi connectivity index (χ3v) is 2.55. The summed E-state index contributed by atoms with van der Waals surface area (Å²) in [7, 11) is 1.68. The largest absolute Gasteiger partial charge is 0.388 e. The molecule has 0 aliphatic carbocycles. The number of methoxy groups -OCH3 is 1. The molecule has 5 heteroatoms. The fraction of sp³-hybridized carbons (Fsp3) is 0.500. The van der Waals surface area contributed by atoms with Crippen molar-refractivity contribution in [1.29, 1.82) is 5.41 Å². The maximum atomic E-state index is 7.29. The van der Waals surface area contributed by atoms with Crippen LogP contribution in [0.15, 0.2) is 18.5 Å². The quantitative estimate of drug-likeness (QED) is 0.550. The summed E-state index contributed by atoms with van der Waals surface area (Å²) in [6.07, 6.45) is 4.17. The van der Waals surface area contributed by atoms with Crippen LogP contribution in [0.4, 0.5) is 5.69 Å². The van der Waals surface area contributed by atoms with Crippen molar-refractivity contribution in [3.05, 3.63) is 24.0 Å². The van der Waals surface area contributed by atoms with Gasteiger partial charge in [0.15, 0.2) is 0 Å². The second-order valence-electron chi connectivity index (χ2n) is 3.92. The highest BCUT2D eigenvalue weighted by Gasteiger charge is 2.09. The molecular formula is C12H20N4O. The van der Waals surface area contributed by atoms with E-state index in [1.54, 1.807) is 13.3 Å². The van der Waals surface area contributed by atoms with Crippen LogP contribution in [-0.2, 0) is 4.74 Å².